The van der Waals surface area contributed by atoms with Crippen molar-refractivity contribution in [2.75, 3.05) is 0 Å². The largest absolute Gasteiger partial charge is 2.00 e. The van der Waals surface area contributed by atoms with Gasteiger partial charge in [-0.15, -0.1) is 0 Å². The molecule has 0 rings (SSSR count). The standard InChI is InChI=1S/2C18H34O2.Cr/c2*1-2-3-4-5-6-7-8-9-10-11-12-13-14-15-16-17-18(19)20;/h2*9-10H,2-8,11-17H2,1H3,(H,19,20);/q;;+2/p-2. The zero-order valence-corrected chi connectivity index (χ0v) is 28.4. The number of allylic oxidation sites excluding steroid dienone is 4. The molecule has 0 spiro atoms. The van der Waals surface area contributed by atoms with E-state index in [-0.39, 0.29) is 30.2 Å². The molecular formula is C36H66CrO4. The van der Waals surface area contributed by atoms with Crippen LogP contribution in [0.4, 0.5) is 0 Å². The Morgan fingerprint density at radius 3 is 0.854 bits per heavy atom. The molecule has 0 unspecified atom stereocenters. The fraction of sp³-hybridized carbons (Fsp3) is 0.833. The molecule has 0 aliphatic carbocycles. The molecule has 0 saturated heterocycles. The maximum absolute atomic E-state index is 10.2. The van der Waals surface area contributed by atoms with Gasteiger partial charge in [-0.05, 0) is 77.0 Å². The molecule has 0 fully saturated rings. The van der Waals surface area contributed by atoms with Crippen LogP contribution in [0.15, 0.2) is 24.3 Å². The molecule has 0 atom stereocenters. The first-order valence-electron chi connectivity index (χ1n) is 17.2. The number of rotatable bonds is 30. The van der Waals surface area contributed by atoms with E-state index in [2.05, 4.69) is 38.2 Å². The van der Waals surface area contributed by atoms with Crippen LogP contribution >= 0.6 is 0 Å². The summed E-state index contributed by atoms with van der Waals surface area (Å²) in [6.45, 7) is 4.51. The van der Waals surface area contributed by atoms with Crippen molar-refractivity contribution in [2.45, 2.75) is 194 Å². The molecule has 0 N–H and O–H groups in total. The Hall–Kier alpha value is -1.05. The summed E-state index contributed by atoms with van der Waals surface area (Å²) in [5.74, 6) is -1.83. The Balaban J connectivity index is -0.000000688. The summed E-state index contributed by atoms with van der Waals surface area (Å²) in [6, 6.07) is 0. The first-order chi connectivity index (χ1) is 19.5. The average Bonchev–Trinajstić information content (AvgIpc) is 2.93. The summed E-state index contributed by atoms with van der Waals surface area (Å²) in [4.78, 5) is 20.4. The van der Waals surface area contributed by atoms with Crippen LogP contribution in [0.1, 0.15) is 194 Å². The molecule has 0 radical (unpaired) electrons. The maximum Gasteiger partial charge on any atom is 2.00 e. The predicted octanol–water partition coefficient (Wildman–Crippen LogP) is 9.55. The Morgan fingerprint density at radius 2 is 0.610 bits per heavy atom. The number of hydrogen-bond donors (Lipinski definition) is 0. The van der Waals surface area contributed by atoms with Gasteiger partial charge in [0, 0.05) is 11.9 Å². The normalized spacial score (nSPS) is 11.0. The molecule has 0 aliphatic rings. The second-order valence-corrected chi connectivity index (χ2v) is 11.4. The van der Waals surface area contributed by atoms with E-state index in [4.69, 9.17) is 0 Å². The Labute approximate surface area is 266 Å². The molecule has 5 heteroatoms. The minimum atomic E-state index is -0.914. The van der Waals surface area contributed by atoms with Crippen LogP contribution in [-0.4, -0.2) is 11.9 Å². The van der Waals surface area contributed by atoms with Gasteiger partial charge in [0.05, 0.1) is 0 Å². The van der Waals surface area contributed by atoms with Gasteiger partial charge in [-0.1, -0.05) is 141 Å². The zero-order valence-electron chi connectivity index (χ0n) is 27.1. The Morgan fingerprint density at radius 1 is 0.390 bits per heavy atom. The summed E-state index contributed by atoms with van der Waals surface area (Å²) in [5, 5.41) is 20.4. The summed E-state index contributed by atoms with van der Waals surface area (Å²) >= 11 is 0. The molecule has 0 aromatic carbocycles. The molecule has 0 amide bonds. The van der Waals surface area contributed by atoms with Crippen LogP contribution in [-0.2, 0) is 27.0 Å². The van der Waals surface area contributed by atoms with E-state index in [1.165, 1.54) is 128 Å². The van der Waals surface area contributed by atoms with Crippen LogP contribution in [0.3, 0.4) is 0 Å². The van der Waals surface area contributed by atoms with E-state index in [9.17, 15) is 19.8 Å². The van der Waals surface area contributed by atoms with Gasteiger partial charge in [-0.25, -0.2) is 0 Å². The van der Waals surface area contributed by atoms with Crippen molar-refractivity contribution < 1.29 is 37.2 Å². The third kappa shape index (κ3) is 49.0. The third-order valence-electron chi connectivity index (χ3n) is 7.29. The Kier molecular flexibility index (Phi) is 44.5. The van der Waals surface area contributed by atoms with E-state index >= 15 is 0 Å². The predicted molar refractivity (Wildman–Crippen MR) is 169 cm³/mol. The topological polar surface area (TPSA) is 80.3 Å². The quantitative estimate of drug-likeness (QED) is 0.0596. The minimum Gasteiger partial charge on any atom is -0.550 e. The number of unbranched alkanes of at least 4 members (excludes halogenated alkanes) is 22. The maximum atomic E-state index is 10.2. The van der Waals surface area contributed by atoms with E-state index in [1.807, 2.05) is 0 Å². The summed E-state index contributed by atoms with van der Waals surface area (Å²) in [6.07, 6.45) is 41.8. The van der Waals surface area contributed by atoms with E-state index in [0.29, 0.717) is 0 Å². The molecule has 0 heterocycles. The van der Waals surface area contributed by atoms with E-state index < -0.39 is 11.9 Å². The van der Waals surface area contributed by atoms with Gasteiger partial charge < -0.3 is 19.8 Å². The molecule has 0 bridgehead atoms. The van der Waals surface area contributed by atoms with Gasteiger partial charge in [-0.2, -0.15) is 0 Å². The van der Waals surface area contributed by atoms with Gasteiger partial charge in [0.15, 0.2) is 0 Å². The fourth-order valence-electron chi connectivity index (χ4n) is 4.68. The summed E-state index contributed by atoms with van der Waals surface area (Å²) < 4.78 is 0. The molecule has 0 aromatic rings. The number of aliphatic carboxylic acids is 2. The number of carbonyl (C=O) groups is 2. The van der Waals surface area contributed by atoms with Crippen LogP contribution in [0.25, 0.3) is 0 Å². The minimum absolute atomic E-state index is 0. The van der Waals surface area contributed by atoms with Gasteiger partial charge in [0.25, 0.3) is 0 Å². The number of carbonyl (C=O) groups excluding carboxylic acids is 2. The van der Waals surface area contributed by atoms with Gasteiger partial charge in [0.1, 0.15) is 0 Å². The SMILES string of the molecule is CCCCCCCCC=CCCCCCCCC(=O)[O-].CCCCCCCCC=CCCCCCCCC(=O)[O-].[Cr+2]. The zero-order chi connectivity index (χ0) is 29.8. The second-order valence-electron chi connectivity index (χ2n) is 11.4. The van der Waals surface area contributed by atoms with Crippen molar-refractivity contribution in [3.05, 3.63) is 24.3 Å². The Bertz CT molecular complexity index is 524. The molecule has 4 nitrogen and oxygen atoms in total. The van der Waals surface area contributed by atoms with E-state index in [0.717, 1.165) is 38.5 Å². The first kappa shape index (κ1) is 44.4. The van der Waals surface area contributed by atoms with E-state index in [1.54, 1.807) is 0 Å². The van der Waals surface area contributed by atoms with Crippen molar-refractivity contribution in [1.82, 2.24) is 0 Å². The second kappa shape index (κ2) is 41.1. The molecule has 0 aliphatic heterocycles. The monoisotopic (exact) mass is 614 g/mol. The summed E-state index contributed by atoms with van der Waals surface area (Å²) in [5.41, 5.74) is 0. The third-order valence-corrected chi connectivity index (χ3v) is 7.29. The number of hydrogen-bond acceptors (Lipinski definition) is 4. The van der Waals surface area contributed by atoms with Crippen LogP contribution < -0.4 is 10.2 Å². The van der Waals surface area contributed by atoms with Crippen LogP contribution in [0.2, 0.25) is 0 Å². The molecular weight excluding hydrogens is 548 g/mol. The van der Waals surface area contributed by atoms with Crippen LogP contribution in [0, 0.1) is 0 Å². The molecule has 240 valence electrons. The van der Waals surface area contributed by atoms with Crippen molar-refractivity contribution in [1.29, 1.82) is 0 Å². The average molecular weight is 615 g/mol. The van der Waals surface area contributed by atoms with Crippen molar-refractivity contribution in [3.8, 4) is 0 Å². The number of carboxylic acids is 2. The first-order valence-corrected chi connectivity index (χ1v) is 17.2. The summed E-state index contributed by atoms with van der Waals surface area (Å²) in [7, 11) is 0. The van der Waals surface area contributed by atoms with Gasteiger partial charge in [-0.3, -0.25) is 0 Å². The number of carboxylic acid groups (broad SMARTS) is 2. The van der Waals surface area contributed by atoms with Gasteiger partial charge >= 0.3 is 17.4 Å². The fourth-order valence-corrected chi connectivity index (χ4v) is 4.68. The van der Waals surface area contributed by atoms with Gasteiger partial charge in [0.2, 0.25) is 0 Å². The smallest absolute Gasteiger partial charge is 0.550 e. The van der Waals surface area contributed by atoms with Crippen molar-refractivity contribution >= 4 is 11.9 Å². The molecule has 41 heavy (non-hydrogen) atoms. The van der Waals surface area contributed by atoms with Crippen LogP contribution in [0.5, 0.6) is 0 Å². The molecule has 0 aromatic heterocycles. The van der Waals surface area contributed by atoms with Crippen molar-refractivity contribution in [3.63, 3.8) is 0 Å². The van der Waals surface area contributed by atoms with Crippen molar-refractivity contribution in [2.24, 2.45) is 0 Å². The molecule has 0 saturated carbocycles.